The van der Waals surface area contributed by atoms with Gasteiger partial charge < -0.3 is 15.2 Å². The van der Waals surface area contributed by atoms with Gasteiger partial charge in [-0.2, -0.15) is 11.8 Å². The Kier molecular flexibility index (Phi) is 9.13. The van der Waals surface area contributed by atoms with E-state index in [0.29, 0.717) is 26.2 Å². The summed E-state index contributed by atoms with van der Waals surface area (Å²) in [6, 6.07) is -0.496. The summed E-state index contributed by atoms with van der Waals surface area (Å²) in [7, 11) is 0. The fraction of sp³-hybridized carbons (Fsp3) is 0.889. The van der Waals surface area contributed by atoms with E-state index in [9.17, 15) is 4.79 Å². The van der Waals surface area contributed by atoms with Gasteiger partial charge in [0.1, 0.15) is 12.6 Å². The summed E-state index contributed by atoms with van der Waals surface area (Å²) in [4.78, 5) is 11.2. The summed E-state index contributed by atoms with van der Waals surface area (Å²) >= 11 is 1.67. The van der Waals surface area contributed by atoms with Gasteiger partial charge in [-0.05, 0) is 25.4 Å². The first-order valence-electron chi connectivity index (χ1n) is 4.71. The zero-order valence-electron chi connectivity index (χ0n) is 8.82. The highest BCUT2D eigenvalue weighted by molar-refractivity contribution is 7.98. The minimum atomic E-state index is -0.496. The van der Waals surface area contributed by atoms with Gasteiger partial charge in [0, 0.05) is 6.61 Å². The molecular weight excluding hydrogens is 202 g/mol. The van der Waals surface area contributed by atoms with Crippen LogP contribution in [0.25, 0.3) is 0 Å². The van der Waals surface area contributed by atoms with E-state index < -0.39 is 6.04 Å². The first-order valence-corrected chi connectivity index (χ1v) is 6.10. The molecule has 0 radical (unpaired) electrons. The Hall–Kier alpha value is -0.260. The van der Waals surface area contributed by atoms with Crippen molar-refractivity contribution in [3.05, 3.63) is 0 Å². The molecule has 0 aromatic heterocycles. The van der Waals surface area contributed by atoms with Crippen LogP contribution < -0.4 is 5.73 Å². The van der Waals surface area contributed by atoms with E-state index in [4.69, 9.17) is 15.2 Å². The molecule has 5 heteroatoms. The van der Waals surface area contributed by atoms with Gasteiger partial charge in [-0.3, -0.25) is 4.79 Å². The SMILES string of the molecule is CCOCCOC(=O)[C@@H](N)CCSC. The summed E-state index contributed by atoms with van der Waals surface area (Å²) in [6.45, 7) is 3.26. The fourth-order valence-electron chi connectivity index (χ4n) is 0.815. The number of nitrogens with two attached hydrogens (primary N) is 1. The Labute approximate surface area is 89.5 Å². The maximum absolute atomic E-state index is 11.2. The van der Waals surface area contributed by atoms with Crippen LogP contribution in [0.15, 0.2) is 0 Å². The third-order valence-corrected chi connectivity index (χ3v) is 2.26. The normalized spacial score (nSPS) is 12.5. The van der Waals surface area contributed by atoms with Crippen LogP contribution in [0.3, 0.4) is 0 Å². The molecule has 0 amide bonds. The molecule has 0 saturated carbocycles. The van der Waals surface area contributed by atoms with Crippen LogP contribution in [0.2, 0.25) is 0 Å². The zero-order valence-corrected chi connectivity index (χ0v) is 9.64. The molecule has 4 nitrogen and oxygen atoms in total. The third kappa shape index (κ3) is 7.17. The van der Waals surface area contributed by atoms with E-state index in [1.807, 2.05) is 13.2 Å². The summed E-state index contributed by atoms with van der Waals surface area (Å²) in [5.74, 6) is 0.542. The van der Waals surface area contributed by atoms with Crippen LogP contribution in [0.5, 0.6) is 0 Å². The molecule has 0 fully saturated rings. The van der Waals surface area contributed by atoms with E-state index >= 15 is 0 Å². The number of hydrogen-bond donors (Lipinski definition) is 1. The fourth-order valence-corrected chi connectivity index (χ4v) is 1.30. The maximum Gasteiger partial charge on any atom is 0.323 e. The minimum absolute atomic E-state index is 0.291. The molecule has 0 bridgehead atoms. The largest absolute Gasteiger partial charge is 0.462 e. The molecule has 0 unspecified atom stereocenters. The van der Waals surface area contributed by atoms with Crippen LogP contribution >= 0.6 is 11.8 Å². The Bertz CT molecular complexity index is 155. The molecule has 2 N–H and O–H groups in total. The lowest BCUT2D eigenvalue weighted by Crippen LogP contribution is -2.33. The van der Waals surface area contributed by atoms with Crippen LogP contribution in [0.4, 0.5) is 0 Å². The van der Waals surface area contributed by atoms with Crippen molar-refractivity contribution < 1.29 is 14.3 Å². The molecule has 0 aliphatic carbocycles. The third-order valence-electron chi connectivity index (χ3n) is 1.61. The molecule has 14 heavy (non-hydrogen) atoms. The molecule has 0 aromatic carbocycles. The Morgan fingerprint density at radius 3 is 2.79 bits per heavy atom. The molecule has 0 aromatic rings. The number of ether oxygens (including phenoxy) is 2. The topological polar surface area (TPSA) is 61.5 Å². The average Bonchev–Trinajstić information content (AvgIpc) is 2.20. The van der Waals surface area contributed by atoms with Crippen LogP contribution in [-0.4, -0.2) is 43.8 Å². The molecular formula is C9H19NO3S. The van der Waals surface area contributed by atoms with E-state index in [0.717, 1.165) is 5.75 Å². The lowest BCUT2D eigenvalue weighted by Gasteiger charge is -2.10. The quantitative estimate of drug-likeness (QED) is 0.481. The molecule has 0 aliphatic rings. The lowest BCUT2D eigenvalue weighted by molar-refractivity contribution is -0.146. The number of carbonyl (C=O) groups is 1. The second kappa shape index (κ2) is 9.30. The zero-order chi connectivity index (χ0) is 10.8. The summed E-state index contributed by atoms with van der Waals surface area (Å²) in [5.41, 5.74) is 5.59. The number of rotatable bonds is 8. The Balaban J connectivity index is 3.42. The van der Waals surface area contributed by atoms with Crippen LogP contribution in [0.1, 0.15) is 13.3 Å². The van der Waals surface area contributed by atoms with E-state index in [-0.39, 0.29) is 5.97 Å². The van der Waals surface area contributed by atoms with Gasteiger partial charge in [0.15, 0.2) is 0 Å². The van der Waals surface area contributed by atoms with Gasteiger partial charge >= 0.3 is 5.97 Å². The highest BCUT2D eigenvalue weighted by Gasteiger charge is 2.13. The van der Waals surface area contributed by atoms with E-state index in [2.05, 4.69) is 0 Å². The number of esters is 1. The summed E-state index contributed by atoms with van der Waals surface area (Å²) in [5, 5.41) is 0. The summed E-state index contributed by atoms with van der Waals surface area (Å²) < 4.78 is 9.93. The van der Waals surface area contributed by atoms with E-state index in [1.54, 1.807) is 11.8 Å². The predicted octanol–water partition coefficient (Wildman–Crippen LogP) is 0.646. The molecule has 0 spiro atoms. The average molecular weight is 221 g/mol. The van der Waals surface area contributed by atoms with Crippen LogP contribution in [-0.2, 0) is 14.3 Å². The first-order chi connectivity index (χ1) is 6.72. The minimum Gasteiger partial charge on any atom is -0.462 e. The molecule has 0 heterocycles. The second-order valence-electron chi connectivity index (χ2n) is 2.75. The van der Waals surface area contributed by atoms with Crippen molar-refractivity contribution in [3.8, 4) is 0 Å². The molecule has 1 atom stereocenters. The molecule has 84 valence electrons. The highest BCUT2D eigenvalue weighted by atomic mass is 32.2. The Morgan fingerprint density at radius 1 is 1.50 bits per heavy atom. The van der Waals surface area contributed by atoms with Gasteiger partial charge in [0.25, 0.3) is 0 Å². The highest BCUT2D eigenvalue weighted by Crippen LogP contribution is 2.00. The number of carbonyl (C=O) groups excluding carboxylic acids is 1. The van der Waals surface area contributed by atoms with Crippen molar-refractivity contribution in [1.82, 2.24) is 0 Å². The van der Waals surface area contributed by atoms with Crippen molar-refractivity contribution in [2.24, 2.45) is 5.73 Å². The van der Waals surface area contributed by atoms with Crippen molar-refractivity contribution in [3.63, 3.8) is 0 Å². The van der Waals surface area contributed by atoms with Crippen LogP contribution in [0, 0.1) is 0 Å². The van der Waals surface area contributed by atoms with E-state index in [1.165, 1.54) is 0 Å². The van der Waals surface area contributed by atoms with Gasteiger partial charge in [-0.1, -0.05) is 0 Å². The van der Waals surface area contributed by atoms with Crippen molar-refractivity contribution in [1.29, 1.82) is 0 Å². The maximum atomic E-state index is 11.2. The Morgan fingerprint density at radius 2 is 2.21 bits per heavy atom. The standard InChI is InChI=1S/C9H19NO3S/c1-3-12-5-6-13-9(11)8(10)4-7-14-2/h8H,3-7,10H2,1-2H3/t8-/m0/s1. The predicted molar refractivity (Wildman–Crippen MR) is 58.4 cm³/mol. The second-order valence-corrected chi connectivity index (χ2v) is 3.74. The van der Waals surface area contributed by atoms with Gasteiger partial charge in [0.05, 0.1) is 6.61 Å². The number of thioether (sulfide) groups is 1. The molecule has 0 rings (SSSR count). The van der Waals surface area contributed by atoms with Gasteiger partial charge in [-0.15, -0.1) is 0 Å². The van der Waals surface area contributed by atoms with Crippen molar-refractivity contribution >= 4 is 17.7 Å². The molecule has 0 saturated heterocycles. The monoisotopic (exact) mass is 221 g/mol. The van der Waals surface area contributed by atoms with Gasteiger partial charge in [0.2, 0.25) is 0 Å². The van der Waals surface area contributed by atoms with Gasteiger partial charge in [-0.25, -0.2) is 0 Å². The molecule has 0 aliphatic heterocycles. The van der Waals surface area contributed by atoms with Crippen molar-refractivity contribution in [2.75, 3.05) is 31.8 Å². The first kappa shape index (κ1) is 13.7. The lowest BCUT2D eigenvalue weighted by atomic mass is 10.2. The number of hydrogen-bond acceptors (Lipinski definition) is 5. The smallest absolute Gasteiger partial charge is 0.323 e. The van der Waals surface area contributed by atoms with Crippen molar-refractivity contribution in [2.45, 2.75) is 19.4 Å². The summed E-state index contributed by atoms with van der Waals surface area (Å²) in [6.07, 6.45) is 2.64.